The van der Waals surface area contributed by atoms with E-state index in [2.05, 4.69) is 28.8 Å². The molecule has 19 heavy (non-hydrogen) atoms. The molecule has 0 unspecified atom stereocenters. The lowest BCUT2D eigenvalue weighted by Crippen LogP contribution is -2.23. The highest BCUT2D eigenvalue weighted by atomic mass is 32.1. The third-order valence-corrected chi connectivity index (χ3v) is 3.64. The molecule has 0 aliphatic heterocycles. The summed E-state index contributed by atoms with van der Waals surface area (Å²) in [6.45, 7) is 3.11. The van der Waals surface area contributed by atoms with Gasteiger partial charge in [-0.1, -0.05) is 12.1 Å². The van der Waals surface area contributed by atoms with Crippen LogP contribution in [-0.4, -0.2) is 25.1 Å². The lowest BCUT2D eigenvalue weighted by atomic mass is 10.2. The van der Waals surface area contributed by atoms with Crippen LogP contribution in [0.15, 0.2) is 41.1 Å². The maximum atomic E-state index is 5.74. The van der Waals surface area contributed by atoms with Gasteiger partial charge in [-0.05, 0) is 47.1 Å². The van der Waals surface area contributed by atoms with Gasteiger partial charge in [-0.25, -0.2) is 0 Å². The van der Waals surface area contributed by atoms with E-state index < -0.39 is 0 Å². The van der Waals surface area contributed by atoms with Gasteiger partial charge in [0.1, 0.15) is 12.4 Å². The van der Waals surface area contributed by atoms with Gasteiger partial charge < -0.3 is 10.5 Å². The first-order valence-corrected chi connectivity index (χ1v) is 7.33. The Kier molecular flexibility index (Phi) is 5.39. The largest absolute Gasteiger partial charge is 0.492 e. The Balaban J connectivity index is 1.73. The fraction of sp³-hybridized carbons (Fsp3) is 0.333. The highest BCUT2D eigenvalue weighted by Gasteiger charge is 2.01. The van der Waals surface area contributed by atoms with Crippen LogP contribution in [-0.2, 0) is 13.1 Å². The molecule has 0 aliphatic carbocycles. The van der Waals surface area contributed by atoms with Gasteiger partial charge >= 0.3 is 0 Å². The van der Waals surface area contributed by atoms with E-state index in [1.54, 1.807) is 11.3 Å². The zero-order valence-electron chi connectivity index (χ0n) is 11.2. The molecule has 4 heteroatoms. The van der Waals surface area contributed by atoms with Crippen molar-refractivity contribution in [2.75, 3.05) is 20.2 Å². The molecule has 0 radical (unpaired) electrons. The summed E-state index contributed by atoms with van der Waals surface area (Å²) in [5, 5.41) is 4.29. The number of thiophene rings is 1. The van der Waals surface area contributed by atoms with E-state index in [1.165, 1.54) is 5.56 Å². The molecule has 1 heterocycles. The molecule has 3 nitrogen and oxygen atoms in total. The van der Waals surface area contributed by atoms with Crippen molar-refractivity contribution in [1.82, 2.24) is 4.90 Å². The molecule has 2 rings (SSSR count). The SMILES string of the molecule is CN(CCOc1cccc(CN)c1)Cc1ccsc1. The van der Waals surface area contributed by atoms with Crippen LogP contribution in [0.3, 0.4) is 0 Å². The summed E-state index contributed by atoms with van der Waals surface area (Å²) in [6.07, 6.45) is 0. The highest BCUT2D eigenvalue weighted by Crippen LogP contribution is 2.13. The molecule has 0 aliphatic rings. The molecule has 1 aromatic heterocycles. The van der Waals surface area contributed by atoms with Crippen LogP contribution in [0.1, 0.15) is 11.1 Å². The second-order valence-corrected chi connectivity index (χ2v) is 5.35. The molecule has 102 valence electrons. The van der Waals surface area contributed by atoms with Gasteiger partial charge in [-0.3, -0.25) is 4.90 Å². The van der Waals surface area contributed by atoms with Crippen molar-refractivity contribution in [3.63, 3.8) is 0 Å². The molecular formula is C15H20N2OS. The number of hydrogen-bond acceptors (Lipinski definition) is 4. The number of benzene rings is 1. The molecule has 0 amide bonds. The number of likely N-dealkylation sites (N-methyl/N-ethyl adjacent to an activating group) is 1. The number of ether oxygens (including phenoxy) is 1. The average molecular weight is 276 g/mol. The normalized spacial score (nSPS) is 10.9. The Bertz CT molecular complexity index is 485. The third-order valence-electron chi connectivity index (χ3n) is 2.91. The van der Waals surface area contributed by atoms with Crippen molar-refractivity contribution in [2.24, 2.45) is 5.73 Å². The number of rotatable bonds is 7. The Morgan fingerprint density at radius 3 is 2.89 bits per heavy atom. The van der Waals surface area contributed by atoms with Gasteiger partial charge in [0.15, 0.2) is 0 Å². The lowest BCUT2D eigenvalue weighted by molar-refractivity contribution is 0.233. The predicted octanol–water partition coefficient (Wildman–Crippen LogP) is 2.72. The third kappa shape index (κ3) is 4.67. The molecule has 0 fully saturated rings. The van der Waals surface area contributed by atoms with Crippen LogP contribution in [0, 0.1) is 0 Å². The Hall–Kier alpha value is -1.36. The summed E-state index contributed by atoms with van der Waals surface area (Å²) in [5.74, 6) is 0.895. The second kappa shape index (κ2) is 7.28. The van der Waals surface area contributed by atoms with Crippen molar-refractivity contribution in [1.29, 1.82) is 0 Å². The molecular weight excluding hydrogens is 256 g/mol. The standard InChI is InChI=1S/C15H20N2OS/c1-17(11-14-5-8-19-12-14)6-7-18-15-4-2-3-13(9-15)10-16/h2-5,8-9,12H,6-7,10-11,16H2,1H3. The minimum atomic E-state index is 0.551. The van der Waals surface area contributed by atoms with Crippen molar-refractivity contribution >= 4 is 11.3 Å². The van der Waals surface area contributed by atoms with Gasteiger partial charge in [-0.15, -0.1) is 0 Å². The molecule has 1 aromatic carbocycles. The summed E-state index contributed by atoms with van der Waals surface area (Å²) < 4.78 is 5.74. The summed E-state index contributed by atoms with van der Waals surface area (Å²) in [6, 6.07) is 10.1. The first-order chi connectivity index (χ1) is 9.28. The molecule has 0 bridgehead atoms. The Morgan fingerprint density at radius 2 is 2.16 bits per heavy atom. The fourth-order valence-corrected chi connectivity index (χ4v) is 2.51. The van der Waals surface area contributed by atoms with E-state index >= 15 is 0 Å². The molecule has 0 saturated carbocycles. The second-order valence-electron chi connectivity index (χ2n) is 4.57. The zero-order chi connectivity index (χ0) is 13.5. The van der Waals surface area contributed by atoms with Gasteiger partial charge in [0.2, 0.25) is 0 Å². The maximum absolute atomic E-state index is 5.74. The lowest BCUT2D eigenvalue weighted by Gasteiger charge is -2.16. The van der Waals surface area contributed by atoms with E-state index in [9.17, 15) is 0 Å². The Morgan fingerprint density at radius 1 is 1.26 bits per heavy atom. The predicted molar refractivity (Wildman–Crippen MR) is 80.5 cm³/mol. The maximum Gasteiger partial charge on any atom is 0.119 e. The van der Waals surface area contributed by atoms with E-state index in [-0.39, 0.29) is 0 Å². The number of nitrogens with two attached hydrogens (primary N) is 1. The zero-order valence-corrected chi connectivity index (χ0v) is 12.0. The van der Waals surface area contributed by atoms with Gasteiger partial charge in [0, 0.05) is 19.6 Å². The first kappa shape index (κ1) is 14.1. The molecule has 0 saturated heterocycles. The minimum absolute atomic E-state index is 0.551. The highest BCUT2D eigenvalue weighted by molar-refractivity contribution is 7.07. The summed E-state index contributed by atoms with van der Waals surface area (Å²) in [4.78, 5) is 2.26. The summed E-state index contributed by atoms with van der Waals surface area (Å²) in [7, 11) is 2.11. The van der Waals surface area contributed by atoms with Crippen molar-refractivity contribution in [3.05, 3.63) is 52.2 Å². The smallest absolute Gasteiger partial charge is 0.119 e. The van der Waals surface area contributed by atoms with Crippen LogP contribution in [0.2, 0.25) is 0 Å². The van der Waals surface area contributed by atoms with Gasteiger partial charge in [0.25, 0.3) is 0 Å². The van der Waals surface area contributed by atoms with Crippen molar-refractivity contribution in [2.45, 2.75) is 13.1 Å². The quantitative estimate of drug-likeness (QED) is 0.845. The van der Waals surface area contributed by atoms with Crippen LogP contribution >= 0.6 is 11.3 Å². The monoisotopic (exact) mass is 276 g/mol. The number of nitrogens with zero attached hydrogens (tertiary/aromatic N) is 1. The van der Waals surface area contributed by atoms with Crippen LogP contribution in [0.5, 0.6) is 5.75 Å². The molecule has 2 N–H and O–H groups in total. The average Bonchev–Trinajstić information content (AvgIpc) is 2.92. The van der Waals surface area contributed by atoms with E-state index in [4.69, 9.17) is 10.5 Å². The van der Waals surface area contributed by atoms with Crippen molar-refractivity contribution in [3.8, 4) is 5.75 Å². The summed E-state index contributed by atoms with van der Waals surface area (Å²) >= 11 is 1.74. The molecule has 0 spiro atoms. The van der Waals surface area contributed by atoms with Crippen LogP contribution in [0.4, 0.5) is 0 Å². The van der Waals surface area contributed by atoms with Gasteiger partial charge in [-0.2, -0.15) is 11.3 Å². The Labute approximate surface area is 118 Å². The number of hydrogen-bond donors (Lipinski definition) is 1. The fourth-order valence-electron chi connectivity index (χ4n) is 1.85. The minimum Gasteiger partial charge on any atom is -0.492 e. The van der Waals surface area contributed by atoms with Crippen LogP contribution < -0.4 is 10.5 Å². The topological polar surface area (TPSA) is 38.5 Å². The summed E-state index contributed by atoms with van der Waals surface area (Å²) in [5.41, 5.74) is 8.07. The van der Waals surface area contributed by atoms with Crippen molar-refractivity contribution < 1.29 is 4.74 Å². The van der Waals surface area contributed by atoms with E-state index in [0.717, 1.165) is 24.4 Å². The van der Waals surface area contributed by atoms with E-state index in [1.807, 2.05) is 24.3 Å². The molecule has 0 atom stereocenters. The first-order valence-electron chi connectivity index (χ1n) is 6.39. The van der Waals surface area contributed by atoms with Crippen LogP contribution in [0.25, 0.3) is 0 Å². The van der Waals surface area contributed by atoms with E-state index in [0.29, 0.717) is 13.2 Å². The van der Waals surface area contributed by atoms with Gasteiger partial charge in [0.05, 0.1) is 0 Å². The molecule has 2 aromatic rings.